The van der Waals surface area contributed by atoms with Gasteiger partial charge in [-0.25, -0.2) is 8.42 Å². The van der Waals surface area contributed by atoms with E-state index in [0.29, 0.717) is 12.2 Å². The summed E-state index contributed by atoms with van der Waals surface area (Å²) in [5.74, 6) is 0. The number of nitrogens with one attached hydrogen (secondary N) is 1. The average Bonchev–Trinajstić information content (AvgIpc) is 2.41. The van der Waals surface area contributed by atoms with Gasteiger partial charge in [-0.3, -0.25) is 4.72 Å². The van der Waals surface area contributed by atoms with Crippen molar-refractivity contribution in [2.45, 2.75) is 25.3 Å². The van der Waals surface area contributed by atoms with Gasteiger partial charge in [-0.05, 0) is 49.2 Å². The molecule has 4 nitrogen and oxygen atoms in total. The highest BCUT2D eigenvalue weighted by Crippen LogP contribution is 2.19. The van der Waals surface area contributed by atoms with Crippen molar-refractivity contribution in [2.24, 2.45) is 5.73 Å². The van der Waals surface area contributed by atoms with E-state index in [4.69, 9.17) is 5.73 Å². The number of hydrogen-bond donors (Lipinski definition) is 2. The van der Waals surface area contributed by atoms with Gasteiger partial charge in [-0.2, -0.15) is 0 Å². The minimum absolute atomic E-state index is 0.243. The molecule has 0 spiro atoms. The topological polar surface area (TPSA) is 72.2 Å². The van der Waals surface area contributed by atoms with Crippen LogP contribution in [0.15, 0.2) is 47.4 Å². The Morgan fingerprint density at radius 3 is 2.25 bits per heavy atom. The molecule has 2 aromatic carbocycles. The van der Waals surface area contributed by atoms with Gasteiger partial charge in [0, 0.05) is 12.2 Å². The molecule has 5 heteroatoms. The molecule has 3 N–H and O–H groups in total. The Kier molecular flexibility index (Phi) is 4.11. The van der Waals surface area contributed by atoms with Gasteiger partial charge >= 0.3 is 0 Å². The molecule has 0 radical (unpaired) electrons. The summed E-state index contributed by atoms with van der Waals surface area (Å²) in [5.41, 5.74) is 9.03. The van der Waals surface area contributed by atoms with Crippen LogP contribution in [0.3, 0.4) is 0 Å². The molecule has 2 aromatic rings. The largest absolute Gasteiger partial charge is 0.326 e. The van der Waals surface area contributed by atoms with E-state index in [1.165, 1.54) is 0 Å². The molecule has 0 aromatic heterocycles. The molecule has 0 aliphatic heterocycles. The van der Waals surface area contributed by atoms with Gasteiger partial charge < -0.3 is 5.73 Å². The van der Waals surface area contributed by atoms with E-state index in [-0.39, 0.29) is 4.90 Å². The van der Waals surface area contributed by atoms with E-state index in [1.54, 1.807) is 30.3 Å². The number of aryl methyl sites for hydroxylation is 2. The molecule has 0 saturated carbocycles. The minimum atomic E-state index is -3.56. The lowest BCUT2D eigenvalue weighted by atomic mass is 10.1. The van der Waals surface area contributed by atoms with Crippen molar-refractivity contribution >= 4 is 15.7 Å². The molecule has 0 heterocycles. The second kappa shape index (κ2) is 5.64. The van der Waals surface area contributed by atoms with Crippen LogP contribution < -0.4 is 10.5 Å². The van der Waals surface area contributed by atoms with E-state index in [1.807, 2.05) is 26.0 Å². The van der Waals surface area contributed by atoms with Crippen LogP contribution in [-0.2, 0) is 16.6 Å². The van der Waals surface area contributed by atoms with Gasteiger partial charge in [0.15, 0.2) is 0 Å². The molecule has 0 bridgehead atoms. The predicted octanol–water partition coefficient (Wildman–Crippen LogP) is 2.56. The fourth-order valence-electron chi connectivity index (χ4n) is 1.90. The van der Waals surface area contributed by atoms with Crippen molar-refractivity contribution in [3.8, 4) is 0 Å². The Labute approximate surface area is 119 Å². The molecular formula is C15H18N2O2S. The summed E-state index contributed by atoms with van der Waals surface area (Å²) < 4.78 is 27.2. The Balaban J connectivity index is 2.30. The standard InChI is InChI=1S/C15H18N2O2S/c1-11-3-6-14(7-4-11)17-20(18,19)15-8-5-13(10-16)12(2)9-15/h3-9,17H,10,16H2,1-2H3. The third kappa shape index (κ3) is 3.18. The first-order valence-electron chi connectivity index (χ1n) is 6.31. The molecule has 106 valence electrons. The Bertz CT molecular complexity index is 707. The van der Waals surface area contributed by atoms with Gasteiger partial charge in [-0.1, -0.05) is 23.8 Å². The third-order valence-electron chi connectivity index (χ3n) is 3.15. The highest BCUT2D eigenvalue weighted by atomic mass is 32.2. The van der Waals surface area contributed by atoms with E-state index < -0.39 is 10.0 Å². The molecule has 0 atom stereocenters. The van der Waals surface area contributed by atoms with Gasteiger partial charge in [0.1, 0.15) is 0 Å². The second-order valence-corrected chi connectivity index (χ2v) is 6.45. The predicted molar refractivity (Wildman–Crippen MR) is 81.1 cm³/mol. The highest BCUT2D eigenvalue weighted by Gasteiger charge is 2.15. The first kappa shape index (κ1) is 14.6. The van der Waals surface area contributed by atoms with E-state index in [9.17, 15) is 8.42 Å². The molecule has 0 unspecified atom stereocenters. The smallest absolute Gasteiger partial charge is 0.261 e. The summed E-state index contributed by atoms with van der Waals surface area (Å²) in [5, 5.41) is 0. The molecule has 20 heavy (non-hydrogen) atoms. The number of anilines is 1. The SMILES string of the molecule is Cc1ccc(NS(=O)(=O)c2ccc(CN)c(C)c2)cc1. The maximum absolute atomic E-state index is 12.3. The number of benzene rings is 2. The van der Waals surface area contributed by atoms with Crippen LogP contribution >= 0.6 is 0 Å². The zero-order valence-corrected chi connectivity index (χ0v) is 12.4. The number of hydrogen-bond acceptors (Lipinski definition) is 3. The number of sulfonamides is 1. The lowest BCUT2D eigenvalue weighted by Crippen LogP contribution is -2.13. The van der Waals surface area contributed by atoms with Crippen LogP contribution in [0.5, 0.6) is 0 Å². The quantitative estimate of drug-likeness (QED) is 0.909. The molecular weight excluding hydrogens is 272 g/mol. The first-order valence-corrected chi connectivity index (χ1v) is 7.80. The van der Waals surface area contributed by atoms with Gasteiger partial charge in [-0.15, -0.1) is 0 Å². The van der Waals surface area contributed by atoms with Crippen molar-refractivity contribution in [3.05, 3.63) is 59.2 Å². The monoisotopic (exact) mass is 290 g/mol. The molecule has 0 aliphatic carbocycles. The van der Waals surface area contributed by atoms with Crippen LogP contribution in [0.4, 0.5) is 5.69 Å². The Hall–Kier alpha value is -1.85. The molecule has 0 aliphatic rings. The fourth-order valence-corrected chi connectivity index (χ4v) is 3.04. The summed E-state index contributed by atoms with van der Waals surface area (Å²) in [7, 11) is -3.56. The number of nitrogens with two attached hydrogens (primary N) is 1. The summed E-state index contributed by atoms with van der Waals surface area (Å²) in [4.78, 5) is 0.243. The van der Waals surface area contributed by atoms with Crippen LogP contribution in [0, 0.1) is 13.8 Å². The van der Waals surface area contributed by atoms with Crippen LogP contribution in [0.25, 0.3) is 0 Å². The average molecular weight is 290 g/mol. The Morgan fingerprint density at radius 2 is 1.70 bits per heavy atom. The van der Waals surface area contributed by atoms with Gasteiger partial charge in [0.05, 0.1) is 4.90 Å². The Morgan fingerprint density at radius 1 is 1.05 bits per heavy atom. The lowest BCUT2D eigenvalue weighted by molar-refractivity contribution is 0.601. The van der Waals surface area contributed by atoms with E-state index in [2.05, 4.69) is 4.72 Å². The van der Waals surface area contributed by atoms with Crippen LogP contribution in [-0.4, -0.2) is 8.42 Å². The molecule has 0 fully saturated rings. The summed E-state index contributed by atoms with van der Waals surface area (Å²) in [6, 6.07) is 12.2. The van der Waals surface area contributed by atoms with Crippen molar-refractivity contribution in [2.75, 3.05) is 4.72 Å². The van der Waals surface area contributed by atoms with Crippen molar-refractivity contribution in [1.29, 1.82) is 0 Å². The molecule has 0 saturated heterocycles. The highest BCUT2D eigenvalue weighted by molar-refractivity contribution is 7.92. The summed E-state index contributed by atoms with van der Waals surface area (Å²) in [6.45, 7) is 4.21. The minimum Gasteiger partial charge on any atom is -0.326 e. The van der Waals surface area contributed by atoms with Crippen LogP contribution in [0.2, 0.25) is 0 Å². The molecule has 2 rings (SSSR count). The normalized spacial score (nSPS) is 11.3. The second-order valence-electron chi connectivity index (χ2n) is 4.76. The zero-order valence-electron chi connectivity index (χ0n) is 11.6. The fraction of sp³-hybridized carbons (Fsp3) is 0.200. The summed E-state index contributed by atoms with van der Waals surface area (Å²) >= 11 is 0. The van der Waals surface area contributed by atoms with Gasteiger partial charge in [0.2, 0.25) is 0 Å². The van der Waals surface area contributed by atoms with E-state index in [0.717, 1.165) is 16.7 Å². The zero-order chi connectivity index (χ0) is 14.8. The van der Waals surface area contributed by atoms with Crippen molar-refractivity contribution < 1.29 is 8.42 Å². The number of rotatable bonds is 4. The third-order valence-corrected chi connectivity index (χ3v) is 4.53. The maximum atomic E-state index is 12.3. The van der Waals surface area contributed by atoms with Crippen LogP contribution in [0.1, 0.15) is 16.7 Å². The summed E-state index contributed by atoms with van der Waals surface area (Å²) in [6.07, 6.45) is 0. The lowest BCUT2D eigenvalue weighted by Gasteiger charge is -2.10. The van der Waals surface area contributed by atoms with Crippen molar-refractivity contribution in [3.63, 3.8) is 0 Å². The molecule has 0 amide bonds. The van der Waals surface area contributed by atoms with Crippen molar-refractivity contribution in [1.82, 2.24) is 0 Å². The first-order chi connectivity index (χ1) is 9.42. The maximum Gasteiger partial charge on any atom is 0.261 e. The van der Waals surface area contributed by atoms with E-state index >= 15 is 0 Å². The van der Waals surface area contributed by atoms with Gasteiger partial charge in [0.25, 0.3) is 10.0 Å².